The predicted octanol–water partition coefficient (Wildman–Crippen LogP) is 0.0620. The topological polar surface area (TPSA) is 48.0 Å². The van der Waals surface area contributed by atoms with Gasteiger partial charge in [0.05, 0.1) is 26.1 Å². The van der Waals surface area contributed by atoms with Crippen molar-refractivity contribution in [1.29, 1.82) is 0 Å². The third kappa shape index (κ3) is 2.66. The molecule has 6 heteroatoms. The van der Waals surface area contributed by atoms with E-state index in [0.29, 0.717) is 24.5 Å². The summed E-state index contributed by atoms with van der Waals surface area (Å²) in [5, 5.41) is 0. The van der Waals surface area contributed by atoms with E-state index < -0.39 is 7.12 Å². The smallest absolute Gasteiger partial charge is 0.465 e. The number of rotatable bonds is 2. The summed E-state index contributed by atoms with van der Waals surface area (Å²) in [5.74, 6) is -0.383. The number of hydrogen-bond acceptors (Lipinski definition) is 5. The zero-order valence-electron chi connectivity index (χ0n) is 9.88. The van der Waals surface area contributed by atoms with Crippen molar-refractivity contribution in [3.8, 4) is 0 Å². The van der Waals surface area contributed by atoms with Gasteiger partial charge >= 0.3 is 13.1 Å². The Kier molecular flexibility index (Phi) is 3.78. The summed E-state index contributed by atoms with van der Waals surface area (Å²) in [5.41, 5.74) is 1.18. The largest absolute Gasteiger partial charge is 0.496 e. The molecule has 2 rings (SSSR count). The van der Waals surface area contributed by atoms with Gasteiger partial charge in [-0.05, 0) is 18.6 Å². The second-order valence-corrected chi connectivity index (χ2v) is 3.86. The molecule has 1 aromatic rings. The van der Waals surface area contributed by atoms with Gasteiger partial charge in [0, 0.05) is 0 Å². The van der Waals surface area contributed by atoms with Crippen molar-refractivity contribution in [2.24, 2.45) is 0 Å². The van der Waals surface area contributed by atoms with Crippen molar-refractivity contribution in [2.75, 3.05) is 27.6 Å². The first-order valence-electron chi connectivity index (χ1n) is 5.31. The minimum Gasteiger partial charge on any atom is -0.465 e. The summed E-state index contributed by atoms with van der Waals surface area (Å²) in [4.78, 5) is 13.5. The third-order valence-electron chi connectivity index (χ3n) is 2.51. The average Bonchev–Trinajstić information content (AvgIpc) is 2.39. The van der Waals surface area contributed by atoms with Crippen molar-refractivity contribution < 1.29 is 18.8 Å². The molecule has 0 amide bonds. The Bertz CT molecular complexity index is 404. The van der Waals surface area contributed by atoms with Gasteiger partial charge in [0.15, 0.2) is 0 Å². The summed E-state index contributed by atoms with van der Waals surface area (Å²) < 4.78 is 15.7. The van der Waals surface area contributed by atoms with Crippen molar-refractivity contribution in [3.63, 3.8) is 0 Å². The molecule has 1 heterocycles. The van der Waals surface area contributed by atoms with Gasteiger partial charge < -0.3 is 14.0 Å². The molecule has 0 spiro atoms. The summed E-state index contributed by atoms with van der Waals surface area (Å²) in [6, 6.07) is 7.13. The first-order chi connectivity index (χ1) is 8.22. The van der Waals surface area contributed by atoms with Gasteiger partial charge in [0.25, 0.3) is 0 Å². The Labute approximate surface area is 100 Å². The molecule has 0 unspecified atom stereocenters. The monoisotopic (exact) mass is 235 g/mol. The van der Waals surface area contributed by atoms with Crippen molar-refractivity contribution in [1.82, 2.24) is 4.90 Å². The first-order valence-corrected chi connectivity index (χ1v) is 5.31. The fraction of sp³-hybridized carbons (Fsp3) is 0.364. The van der Waals surface area contributed by atoms with Crippen LogP contribution in [0.3, 0.4) is 0 Å². The molecule has 17 heavy (non-hydrogen) atoms. The third-order valence-corrected chi connectivity index (χ3v) is 2.51. The summed E-state index contributed by atoms with van der Waals surface area (Å²) in [7, 11) is 2.74. The molecule has 90 valence electrons. The van der Waals surface area contributed by atoms with Crippen LogP contribution in [0, 0.1) is 0 Å². The maximum absolute atomic E-state index is 11.6. The highest BCUT2D eigenvalue weighted by Gasteiger charge is 2.30. The van der Waals surface area contributed by atoms with Crippen LogP contribution >= 0.6 is 0 Å². The van der Waals surface area contributed by atoms with Crippen LogP contribution in [0.25, 0.3) is 0 Å². The number of benzene rings is 1. The summed E-state index contributed by atoms with van der Waals surface area (Å²) >= 11 is 0. The number of carbonyl (C=O) groups excluding carboxylic acids is 1. The van der Waals surface area contributed by atoms with Gasteiger partial charge in [-0.1, -0.05) is 18.2 Å². The minimum absolute atomic E-state index is 0.383. The van der Waals surface area contributed by atoms with Crippen molar-refractivity contribution in [2.45, 2.75) is 0 Å². The van der Waals surface area contributed by atoms with Gasteiger partial charge in [-0.15, -0.1) is 0 Å². The Balaban J connectivity index is 2.23. The van der Waals surface area contributed by atoms with E-state index in [0.717, 1.165) is 0 Å². The molecule has 1 fully saturated rings. The van der Waals surface area contributed by atoms with Crippen LogP contribution in [-0.4, -0.2) is 45.6 Å². The molecular formula is C11H14BNO4. The first kappa shape index (κ1) is 12.1. The van der Waals surface area contributed by atoms with Crippen LogP contribution in [0.2, 0.25) is 0 Å². The minimum atomic E-state index is -0.513. The zero-order valence-corrected chi connectivity index (χ0v) is 9.88. The second-order valence-electron chi connectivity index (χ2n) is 3.86. The Morgan fingerprint density at radius 1 is 1.35 bits per heavy atom. The molecule has 0 radical (unpaired) electrons. The van der Waals surface area contributed by atoms with Crippen molar-refractivity contribution >= 4 is 18.6 Å². The molecule has 1 aliphatic rings. The zero-order chi connectivity index (χ0) is 12.3. The fourth-order valence-corrected chi connectivity index (χ4v) is 1.65. The van der Waals surface area contributed by atoms with Crippen LogP contribution in [-0.2, 0) is 14.0 Å². The van der Waals surface area contributed by atoms with E-state index in [-0.39, 0.29) is 5.97 Å². The fourth-order valence-electron chi connectivity index (χ4n) is 1.65. The normalized spacial score (nSPS) is 16.9. The molecule has 0 saturated carbocycles. The highest BCUT2D eigenvalue weighted by molar-refractivity contribution is 6.63. The lowest BCUT2D eigenvalue weighted by atomic mass is 9.75. The van der Waals surface area contributed by atoms with Gasteiger partial charge in [-0.25, -0.2) is 4.79 Å². The lowest BCUT2D eigenvalue weighted by Gasteiger charge is -2.28. The van der Waals surface area contributed by atoms with Gasteiger partial charge in [0.2, 0.25) is 0 Å². The number of methoxy groups -OCH3 is 1. The maximum atomic E-state index is 11.6. The van der Waals surface area contributed by atoms with Crippen LogP contribution in [0.1, 0.15) is 10.4 Å². The molecular weight excluding hydrogens is 221 g/mol. The standard InChI is InChI=1S/C11H14BNO4/c1-13-7-16-12(17-8-13)10-6-4-3-5-9(10)11(14)15-2/h3-6H,7-8H2,1-2H3. The van der Waals surface area contributed by atoms with E-state index in [1.807, 2.05) is 24.1 Å². The number of nitrogens with zero attached hydrogens (tertiary/aromatic N) is 1. The Morgan fingerprint density at radius 2 is 2.00 bits per heavy atom. The molecule has 0 bridgehead atoms. The quantitative estimate of drug-likeness (QED) is 0.536. The number of hydrogen-bond donors (Lipinski definition) is 0. The maximum Gasteiger partial charge on any atom is 0.496 e. The van der Waals surface area contributed by atoms with Crippen LogP contribution in [0.4, 0.5) is 0 Å². The molecule has 0 aromatic heterocycles. The average molecular weight is 235 g/mol. The number of esters is 1. The lowest BCUT2D eigenvalue weighted by Crippen LogP contribution is -2.49. The summed E-state index contributed by atoms with van der Waals surface area (Å²) in [6.45, 7) is 0.945. The Hall–Kier alpha value is -1.37. The van der Waals surface area contributed by atoms with Crippen LogP contribution in [0.5, 0.6) is 0 Å². The molecule has 1 aliphatic heterocycles. The molecule has 0 N–H and O–H groups in total. The SMILES string of the molecule is COC(=O)c1ccccc1B1OCN(C)CO1. The number of carbonyl (C=O) groups is 1. The highest BCUT2D eigenvalue weighted by atomic mass is 16.6. The molecule has 1 saturated heterocycles. The van der Waals surface area contributed by atoms with Gasteiger partial charge in [0.1, 0.15) is 0 Å². The lowest BCUT2D eigenvalue weighted by molar-refractivity contribution is 0.00297. The molecule has 0 atom stereocenters. The Morgan fingerprint density at radius 3 is 2.65 bits per heavy atom. The van der Waals surface area contributed by atoms with E-state index in [1.165, 1.54) is 7.11 Å². The predicted molar refractivity (Wildman–Crippen MR) is 62.8 cm³/mol. The molecule has 5 nitrogen and oxygen atoms in total. The highest BCUT2D eigenvalue weighted by Crippen LogP contribution is 2.06. The van der Waals surface area contributed by atoms with Crippen LogP contribution in [0.15, 0.2) is 24.3 Å². The second kappa shape index (κ2) is 5.31. The van der Waals surface area contributed by atoms with E-state index in [2.05, 4.69) is 0 Å². The van der Waals surface area contributed by atoms with E-state index >= 15 is 0 Å². The van der Waals surface area contributed by atoms with E-state index in [9.17, 15) is 4.79 Å². The summed E-state index contributed by atoms with van der Waals surface area (Å²) in [6.07, 6.45) is 0. The van der Waals surface area contributed by atoms with Crippen LogP contribution < -0.4 is 5.46 Å². The van der Waals surface area contributed by atoms with E-state index in [1.54, 1.807) is 12.1 Å². The van der Waals surface area contributed by atoms with Crippen molar-refractivity contribution in [3.05, 3.63) is 29.8 Å². The van der Waals surface area contributed by atoms with E-state index in [4.69, 9.17) is 14.0 Å². The van der Waals surface area contributed by atoms with Gasteiger partial charge in [-0.3, -0.25) is 4.90 Å². The molecule has 1 aromatic carbocycles. The molecule has 0 aliphatic carbocycles. The van der Waals surface area contributed by atoms with Gasteiger partial charge in [-0.2, -0.15) is 0 Å². The number of ether oxygens (including phenoxy) is 1.